The number of nitrogens with one attached hydrogen (secondary N) is 1. The van der Waals surface area contributed by atoms with Crippen molar-refractivity contribution in [3.8, 4) is 0 Å². The molecule has 0 heterocycles. The van der Waals surface area contributed by atoms with Crippen LogP contribution in [0.1, 0.15) is 10.4 Å². The summed E-state index contributed by atoms with van der Waals surface area (Å²) in [5.74, 6) is -1.13. The van der Waals surface area contributed by atoms with Gasteiger partial charge in [0.25, 0.3) is 0 Å². The number of benzene rings is 1. The maximum atomic E-state index is 11.6. The molecular weight excluding hydrogens is 260 g/mol. The molecule has 1 aromatic rings. The largest absolute Gasteiger partial charge is 0.478 e. The number of carboxylic acid groups (broad SMARTS) is 1. The Morgan fingerprint density at radius 1 is 1.39 bits per heavy atom. The number of urea groups is 1. The molecule has 18 heavy (non-hydrogen) atoms. The van der Waals surface area contributed by atoms with Gasteiger partial charge in [-0.25, -0.2) is 9.59 Å². The molecule has 3 N–H and O–H groups in total. The highest BCUT2D eigenvalue weighted by molar-refractivity contribution is 6.31. The molecule has 98 valence electrons. The lowest BCUT2D eigenvalue weighted by Gasteiger charge is -2.16. The van der Waals surface area contributed by atoms with Gasteiger partial charge in [0, 0.05) is 24.3 Å². The Morgan fingerprint density at radius 3 is 2.61 bits per heavy atom. The Bertz CT molecular complexity index is 464. The summed E-state index contributed by atoms with van der Waals surface area (Å²) in [6.07, 6.45) is 0. The van der Waals surface area contributed by atoms with Crippen molar-refractivity contribution in [2.75, 3.05) is 25.5 Å². The molecule has 0 saturated carbocycles. The van der Waals surface area contributed by atoms with Crippen molar-refractivity contribution < 1.29 is 19.8 Å². The summed E-state index contributed by atoms with van der Waals surface area (Å²) >= 11 is 5.75. The Balaban J connectivity index is 2.84. The smallest absolute Gasteiger partial charge is 0.335 e. The van der Waals surface area contributed by atoms with Crippen molar-refractivity contribution in [2.45, 2.75) is 0 Å². The zero-order chi connectivity index (χ0) is 13.7. The number of rotatable bonds is 4. The second-order valence-corrected chi connectivity index (χ2v) is 4.05. The molecule has 2 amide bonds. The Kier molecular flexibility index (Phi) is 4.94. The molecule has 0 aliphatic heterocycles. The molecule has 0 aliphatic carbocycles. The monoisotopic (exact) mass is 272 g/mol. The van der Waals surface area contributed by atoms with E-state index in [1.807, 2.05) is 0 Å². The molecule has 0 unspecified atom stereocenters. The molecule has 0 aliphatic rings. The number of nitrogens with zero attached hydrogens (tertiary/aromatic N) is 1. The molecular formula is C11H13ClN2O4. The summed E-state index contributed by atoms with van der Waals surface area (Å²) in [6.45, 7) is 0.0258. The number of aromatic carboxylic acids is 1. The van der Waals surface area contributed by atoms with E-state index in [0.29, 0.717) is 0 Å². The van der Waals surface area contributed by atoms with Crippen LogP contribution in [0.15, 0.2) is 18.2 Å². The fourth-order valence-corrected chi connectivity index (χ4v) is 1.49. The maximum absolute atomic E-state index is 11.6. The van der Waals surface area contributed by atoms with Gasteiger partial charge in [-0.15, -0.1) is 0 Å². The van der Waals surface area contributed by atoms with E-state index < -0.39 is 12.0 Å². The fourth-order valence-electron chi connectivity index (χ4n) is 1.26. The summed E-state index contributed by atoms with van der Waals surface area (Å²) in [5.41, 5.74) is 0.275. The van der Waals surface area contributed by atoms with E-state index in [9.17, 15) is 9.59 Å². The highest BCUT2D eigenvalue weighted by Gasteiger charge is 2.11. The highest BCUT2D eigenvalue weighted by atomic mass is 35.5. The van der Waals surface area contributed by atoms with E-state index in [-0.39, 0.29) is 29.4 Å². The van der Waals surface area contributed by atoms with E-state index in [1.54, 1.807) is 0 Å². The maximum Gasteiger partial charge on any atom is 0.335 e. The van der Waals surface area contributed by atoms with E-state index >= 15 is 0 Å². The van der Waals surface area contributed by atoms with Crippen LogP contribution in [0, 0.1) is 0 Å². The summed E-state index contributed by atoms with van der Waals surface area (Å²) in [7, 11) is 1.51. The molecule has 0 fully saturated rings. The number of carboxylic acids is 1. The second kappa shape index (κ2) is 6.23. The van der Waals surface area contributed by atoms with Gasteiger partial charge < -0.3 is 20.4 Å². The molecule has 0 bridgehead atoms. The first kappa shape index (κ1) is 14.3. The minimum Gasteiger partial charge on any atom is -0.478 e. The van der Waals surface area contributed by atoms with Crippen molar-refractivity contribution in [2.24, 2.45) is 0 Å². The van der Waals surface area contributed by atoms with Gasteiger partial charge in [-0.2, -0.15) is 0 Å². The third-order valence-corrected chi connectivity index (χ3v) is 2.40. The lowest BCUT2D eigenvalue weighted by atomic mass is 10.2. The first-order chi connectivity index (χ1) is 8.43. The van der Waals surface area contributed by atoms with Crippen LogP contribution in [-0.4, -0.2) is 47.3 Å². The lowest BCUT2D eigenvalue weighted by Crippen LogP contribution is -2.33. The predicted molar refractivity (Wildman–Crippen MR) is 67.1 cm³/mol. The number of likely N-dealkylation sites (N-methyl/N-ethyl adjacent to an activating group) is 1. The van der Waals surface area contributed by atoms with Crippen molar-refractivity contribution in [1.29, 1.82) is 0 Å². The molecule has 1 rings (SSSR count). The molecule has 0 spiro atoms. The number of halogens is 1. The number of aliphatic hydroxyl groups is 1. The number of carbonyl (C=O) groups excluding carboxylic acids is 1. The second-order valence-electron chi connectivity index (χ2n) is 3.61. The van der Waals surface area contributed by atoms with Gasteiger partial charge in [0.1, 0.15) is 0 Å². The van der Waals surface area contributed by atoms with Gasteiger partial charge in [0.15, 0.2) is 0 Å². The average molecular weight is 273 g/mol. The van der Waals surface area contributed by atoms with E-state index in [1.165, 1.54) is 30.1 Å². The van der Waals surface area contributed by atoms with E-state index in [4.69, 9.17) is 21.8 Å². The van der Waals surface area contributed by atoms with Crippen molar-refractivity contribution in [3.63, 3.8) is 0 Å². The Labute approximate surface area is 109 Å². The van der Waals surface area contributed by atoms with Crippen LogP contribution in [0.25, 0.3) is 0 Å². The average Bonchev–Trinajstić information content (AvgIpc) is 2.28. The lowest BCUT2D eigenvalue weighted by molar-refractivity contribution is 0.0697. The number of carbonyl (C=O) groups is 2. The van der Waals surface area contributed by atoms with Crippen LogP contribution in [0.2, 0.25) is 5.02 Å². The fraction of sp³-hybridized carbons (Fsp3) is 0.273. The van der Waals surface area contributed by atoms with Crippen LogP contribution in [0.4, 0.5) is 10.5 Å². The first-order valence-electron chi connectivity index (χ1n) is 5.11. The van der Waals surface area contributed by atoms with Crippen molar-refractivity contribution >= 4 is 29.3 Å². The summed E-state index contributed by atoms with van der Waals surface area (Å²) in [5, 5.41) is 20.2. The van der Waals surface area contributed by atoms with Crippen LogP contribution in [-0.2, 0) is 0 Å². The summed E-state index contributed by atoms with van der Waals surface area (Å²) in [4.78, 5) is 23.7. The van der Waals surface area contributed by atoms with Crippen LogP contribution >= 0.6 is 11.6 Å². The molecule has 0 atom stereocenters. The zero-order valence-corrected chi connectivity index (χ0v) is 10.4. The van der Waals surface area contributed by atoms with E-state index in [2.05, 4.69) is 5.32 Å². The molecule has 0 aromatic heterocycles. The van der Waals surface area contributed by atoms with Gasteiger partial charge in [-0.1, -0.05) is 11.6 Å². The molecule has 1 aromatic carbocycles. The van der Waals surface area contributed by atoms with Gasteiger partial charge in [-0.05, 0) is 18.2 Å². The Hall–Kier alpha value is -1.79. The third-order valence-electron chi connectivity index (χ3n) is 2.18. The first-order valence-corrected chi connectivity index (χ1v) is 5.48. The van der Waals surface area contributed by atoms with Gasteiger partial charge in [0.05, 0.1) is 12.2 Å². The number of amides is 2. The van der Waals surface area contributed by atoms with Crippen LogP contribution in [0.3, 0.4) is 0 Å². The summed E-state index contributed by atoms with van der Waals surface area (Å²) in [6, 6.07) is 3.58. The minimum absolute atomic E-state index is 0.0115. The molecule has 0 radical (unpaired) electrons. The third kappa shape index (κ3) is 3.90. The number of anilines is 1. The van der Waals surface area contributed by atoms with Crippen molar-refractivity contribution in [1.82, 2.24) is 4.90 Å². The molecule has 0 saturated heterocycles. The quantitative estimate of drug-likeness (QED) is 0.775. The van der Waals surface area contributed by atoms with E-state index in [0.717, 1.165) is 0 Å². The number of hydrogen-bond donors (Lipinski definition) is 3. The SMILES string of the molecule is CN(CCO)C(=O)Nc1cc(Cl)cc(C(=O)O)c1. The van der Waals surface area contributed by atoms with Gasteiger partial charge in [-0.3, -0.25) is 0 Å². The minimum atomic E-state index is -1.13. The van der Waals surface area contributed by atoms with Crippen LogP contribution < -0.4 is 5.32 Å². The van der Waals surface area contributed by atoms with Crippen LogP contribution in [0.5, 0.6) is 0 Å². The standard InChI is InChI=1S/C11H13ClN2O4/c1-14(2-3-15)11(18)13-9-5-7(10(16)17)4-8(12)6-9/h4-6,15H,2-3H2,1H3,(H,13,18)(H,16,17). The topological polar surface area (TPSA) is 89.9 Å². The molecule has 7 heteroatoms. The zero-order valence-electron chi connectivity index (χ0n) is 9.68. The van der Waals surface area contributed by atoms with Gasteiger partial charge in [0.2, 0.25) is 0 Å². The number of hydrogen-bond acceptors (Lipinski definition) is 3. The predicted octanol–water partition coefficient (Wildman–Crippen LogP) is 1.49. The Morgan fingerprint density at radius 2 is 2.06 bits per heavy atom. The highest BCUT2D eigenvalue weighted by Crippen LogP contribution is 2.19. The van der Waals surface area contributed by atoms with Gasteiger partial charge >= 0.3 is 12.0 Å². The summed E-state index contributed by atoms with van der Waals surface area (Å²) < 4.78 is 0. The normalized spacial score (nSPS) is 9.94. The number of aliphatic hydroxyl groups excluding tert-OH is 1. The van der Waals surface area contributed by atoms with Crippen molar-refractivity contribution in [3.05, 3.63) is 28.8 Å². The molecule has 6 nitrogen and oxygen atoms in total.